The highest BCUT2D eigenvalue weighted by Crippen LogP contribution is 2.26. The van der Waals surface area contributed by atoms with E-state index >= 15 is 0 Å². The van der Waals surface area contributed by atoms with Crippen LogP contribution in [0.4, 0.5) is 17.6 Å². The molecule has 184 valence electrons. The van der Waals surface area contributed by atoms with Crippen LogP contribution in [0.15, 0.2) is 46.9 Å². The van der Waals surface area contributed by atoms with Gasteiger partial charge in [0, 0.05) is 42.8 Å². The fourth-order valence-electron chi connectivity index (χ4n) is 4.60. The molecule has 0 atom stereocenters. The van der Waals surface area contributed by atoms with Crippen molar-refractivity contribution >= 4 is 46.5 Å². The second-order valence-electron chi connectivity index (χ2n) is 9.08. The van der Waals surface area contributed by atoms with E-state index in [2.05, 4.69) is 26.5 Å². The van der Waals surface area contributed by atoms with Crippen LogP contribution in [0.3, 0.4) is 0 Å². The Morgan fingerprint density at radius 1 is 0.857 bits per heavy atom. The summed E-state index contributed by atoms with van der Waals surface area (Å²) in [5, 5.41) is 7.59. The van der Waals surface area contributed by atoms with E-state index in [1.807, 2.05) is 36.4 Å². The molecule has 2 fully saturated rings. The number of aromatic nitrogens is 2. The lowest BCUT2D eigenvalue weighted by molar-refractivity contribution is 0.516. The molecule has 5 rings (SSSR count). The molecule has 0 spiro atoms. The zero-order valence-electron chi connectivity index (χ0n) is 19.8. The smallest absolute Gasteiger partial charge is 0.232 e. The van der Waals surface area contributed by atoms with Gasteiger partial charge in [0.15, 0.2) is 5.11 Å². The number of hydrogen-bond donors (Lipinski definition) is 2. The van der Waals surface area contributed by atoms with Crippen molar-refractivity contribution in [3.63, 3.8) is 0 Å². The molecule has 1 aromatic carbocycles. The van der Waals surface area contributed by atoms with Gasteiger partial charge in [0.25, 0.3) is 0 Å². The van der Waals surface area contributed by atoms with Gasteiger partial charge < -0.3 is 24.9 Å². The first kappa shape index (κ1) is 23.9. The Morgan fingerprint density at radius 2 is 1.46 bits per heavy atom. The predicted molar refractivity (Wildman–Crippen MR) is 146 cm³/mol. The van der Waals surface area contributed by atoms with Gasteiger partial charge in [-0.3, -0.25) is 0 Å². The van der Waals surface area contributed by atoms with Gasteiger partial charge in [-0.15, -0.1) is 0 Å². The summed E-state index contributed by atoms with van der Waals surface area (Å²) in [5.41, 5.74) is 0.981. The van der Waals surface area contributed by atoms with Crippen molar-refractivity contribution < 1.29 is 4.42 Å². The lowest BCUT2D eigenvalue weighted by Gasteiger charge is -2.31. The average molecular weight is 511 g/mol. The van der Waals surface area contributed by atoms with E-state index < -0.39 is 0 Å². The van der Waals surface area contributed by atoms with Crippen molar-refractivity contribution in [1.29, 1.82) is 0 Å². The maximum absolute atomic E-state index is 5.99. The van der Waals surface area contributed by atoms with Gasteiger partial charge in [-0.25, -0.2) is 0 Å². The van der Waals surface area contributed by atoms with Gasteiger partial charge in [-0.05, 0) is 87.1 Å². The molecule has 2 N–H and O–H groups in total. The highest BCUT2D eigenvalue weighted by atomic mass is 35.5. The average Bonchev–Trinajstić information content (AvgIpc) is 3.38. The molecule has 35 heavy (non-hydrogen) atoms. The van der Waals surface area contributed by atoms with Crippen LogP contribution >= 0.6 is 23.8 Å². The quantitative estimate of drug-likeness (QED) is 0.400. The molecule has 2 aromatic heterocycles. The van der Waals surface area contributed by atoms with Gasteiger partial charge in [0.05, 0.1) is 6.54 Å². The summed E-state index contributed by atoms with van der Waals surface area (Å²) in [7, 11) is 0. The van der Waals surface area contributed by atoms with Crippen LogP contribution in [-0.2, 0) is 6.54 Å². The fraction of sp³-hybridized carbons (Fsp3) is 0.423. The second kappa shape index (κ2) is 11.3. The van der Waals surface area contributed by atoms with E-state index in [9.17, 15) is 0 Å². The minimum absolute atomic E-state index is 0.463. The van der Waals surface area contributed by atoms with Crippen LogP contribution in [0.5, 0.6) is 0 Å². The summed E-state index contributed by atoms with van der Waals surface area (Å²) in [6.07, 6.45) is 7.37. The Kier molecular flexibility index (Phi) is 7.69. The molecule has 3 aromatic rings. The summed E-state index contributed by atoms with van der Waals surface area (Å²) in [4.78, 5) is 14.4. The molecule has 0 amide bonds. The highest BCUT2D eigenvalue weighted by molar-refractivity contribution is 7.80. The molecule has 2 aliphatic rings. The largest absolute Gasteiger partial charge is 0.459 e. The molecule has 2 saturated heterocycles. The lowest BCUT2D eigenvalue weighted by atomic mass is 10.1. The summed E-state index contributed by atoms with van der Waals surface area (Å²) >= 11 is 11.5. The van der Waals surface area contributed by atoms with E-state index in [-0.39, 0.29) is 0 Å². The third kappa shape index (κ3) is 6.24. The van der Waals surface area contributed by atoms with E-state index in [0.29, 0.717) is 22.6 Å². The predicted octanol–water partition coefficient (Wildman–Crippen LogP) is 5.86. The minimum atomic E-state index is 0.463. The monoisotopic (exact) mass is 510 g/mol. The van der Waals surface area contributed by atoms with Crippen LogP contribution in [0.1, 0.15) is 44.3 Å². The zero-order chi connectivity index (χ0) is 24.0. The maximum atomic E-state index is 5.99. The molecule has 0 bridgehead atoms. The Labute approximate surface area is 216 Å². The number of halogens is 1. The van der Waals surface area contributed by atoms with Crippen LogP contribution in [0.2, 0.25) is 5.02 Å². The van der Waals surface area contributed by atoms with Crippen molar-refractivity contribution in [2.45, 2.75) is 45.1 Å². The van der Waals surface area contributed by atoms with Crippen molar-refractivity contribution in [2.75, 3.05) is 41.3 Å². The molecule has 0 aliphatic carbocycles. The maximum Gasteiger partial charge on any atom is 0.232 e. The topological polar surface area (TPSA) is 69.5 Å². The Bertz CT molecular complexity index is 1100. The van der Waals surface area contributed by atoms with Crippen LogP contribution in [-0.4, -0.2) is 41.3 Å². The summed E-state index contributed by atoms with van der Waals surface area (Å²) in [5.74, 6) is 4.07. The van der Waals surface area contributed by atoms with E-state index in [1.54, 1.807) is 0 Å². The lowest BCUT2D eigenvalue weighted by Crippen LogP contribution is -2.34. The van der Waals surface area contributed by atoms with Crippen LogP contribution in [0, 0.1) is 0 Å². The molecule has 2 aliphatic heterocycles. The molecule has 9 heteroatoms. The van der Waals surface area contributed by atoms with Gasteiger partial charge in [-0.2, -0.15) is 9.97 Å². The third-order valence-electron chi connectivity index (χ3n) is 6.50. The SMILES string of the molecule is S=C(NCc1ccc(-c2ccc(Cl)cc2)o1)Nc1nc(N2CCCCC2)cc(N2CCCCC2)n1. The number of piperidine rings is 2. The zero-order valence-corrected chi connectivity index (χ0v) is 21.4. The van der Waals surface area contributed by atoms with E-state index in [4.69, 9.17) is 38.2 Å². The molecular formula is C26H31ClN6OS. The van der Waals surface area contributed by atoms with Crippen molar-refractivity contribution in [2.24, 2.45) is 0 Å². The van der Waals surface area contributed by atoms with Crippen molar-refractivity contribution in [3.8, 4) is 11.3 Å². The van der Waals surface area contributed by atoms with Crippen molar-refractivity contribution in [1.82, 2.24) is 15.3 Å². The first-order valence-corrected chi connectivity index (χ1v) is 13.2. The van der Waals surface area contributed by atoms with E-state index in [1.165, 1.54) is 38.5 Å². The van der Waals surface area contributed by atoms with Crippen LogP contribution < -0.4 is 20.4 Å². The first-order valence-electron chi connectivity index (χ1n) is 12.4. The second-order valence-corrected chi connectivity index (χ2v) is 9.93. The molecule has 0 unspecified atom stereocenters. The third-order valence-corrected chi connectivity index (χ3v) is 7.00. The molecule has 4 heterocycles. The van der Waals surface area contributed by atoms with E-state index in [0.717, 1.165) is 54.9 Å². The number of furan rings is 1. The fourth-order valence-corrected chi connectivity index (χ4v) is 4.89. The standard InChI is InChI=1S/C26H31ClN6OS/c27-20-9-7-19(8-10-20)22-12-11-21(34-22)18-28-26(35)31-25-29-23(32-13-3-1-4-14-32)17-24(30-25)33-15-5-2-6-16-33/h7-12,17H,1-6,13-16,18H2,(H2,28,29,30,31,35). The van der Waals surface area contributed by atoms with Crippen LogP contribution in [0.25, 0.3) is 11.3 Å². The molecular weight excluding hydrogens is 480 g/mol. The molecule has 7 nitrogen and oxygen atoms in total. The minimum Gasteiger partial charge on any atom is -0.459 e. The van der Waals surface area contributed by atoms with Gasteiger partial charge in [0.2, 0.25) is 5.95 Å². The summed E-state index contributed by atoms with van der Waals surface area (Å²) in [6.45, 7) is 4.60. The first-order chi connectivity index (χ1) is 17.1. The van der Waals surface area contributed by atoms with Crippen molar-refractivity contribution in [3.05, 3.63) is 53.2 Å². The molecule has 0 radical (unpaired) electrons. The number of nitrogens with zero attached hydrogens (tertiary/aromatic N) is 4. The number of nitrogens with one attached hydrogen (secondary N) is 2. The summed E-state index contributed by atoms with van der Waals surface area (Å²) in [6, 6.07) is 13.6. The number of thiocarbonyl (C=S) groups is 1. The number of hydrogen-bond acceptors (Lipinski definition) is 6. The Hall–Kier alpha value is -2.84. The Morgan fingerprint density at radius 3 is 2.06 bits per heavy atom. The van der Waals surface area contributed by atoms with Gasteiger partial charge in [-0.1, -0.05) is 11.6 Å². The van der Waals surface area contributed by atoms with Gasteiger partial charge in [0.1, 0.15) is 23.2 Å². The number of rotatable bonds is 6. The summed E-state index contributed by atoms with van der Waals surface area (Å²) < 4.78 is 5.97. The molecule has 0 saturated carbocycles. The number of benzene rings is 1. The highest BCUT2D eigenvalue weighted by Gasteiger charge is 2.19. The van der Waals surface area contributed by atoms with Gasteiger partial charge >= 0.3 is 0 Å². The normalized spacial score (nSPS) is 16.3. The Balaban J connectivity index is 1.25. The number of anilines is 3.